The first-order valence-electron chi connectivity index (χ1n) is 5.87. The minimum atomic E-state index is -0.532. The van der Waals surface area contributed by atoms with Crippen LogP contribution < -0.4 is 11.1 Å². The zero-order valence-corrected chi connectivity index (χ0v) is 11.0. The van der Waals surface area contributed by atoms with Crippen molar-refractivity contribution in [3.8, 4) is 6.07 Å². The van der Waals surface area contributed by atoms with Gasteiger partial charge in [0.25, 0.3) is 0 Å². The number of hydrogen-bond donors (Lipinski definition) is 2. The average molecular weight is 245 g/mol. The third-order valence-corrected chi connectivity index (χ3v) is 2.77. The van der Waals surface area contributed by atoms with Crippen molar-refractivity contribution >= 4 is 5.91 Å². The van der Waals surface area contributed by atoms with E-state index >= 15 is 0 Å². The van der Waals surface area contributed by atoms with E-state index in [1.807, 2.05) is 39.0 Å². The number of hydrogen-bond acceptors (Lipinski definition) is 3. The van der Waals surface area contributed by atoms with Crippen molar-refractivity contribution in [2.45, 2.75) is 33.4 Å². The normalized spacial score (nSPS) is 12.6. The van der Waals surface area contributed by atoms with Crippen LogP contribution in [0.2, 0.25) is 0 Å². The molecule has 96 valence electrons. The molecule has 1 rings (SSSR count). The van der Waals surface area contributed by atoms with E-state index in [0.29, 0.717) is 12.1 Å². The highest BCUT2D eigenvalue weighted by Crippen LogP contribution is 2.17. The Kier molecular flexibility index (Phi) is 4.46. The molecule has 18 heavy (non-hydrogen) atoms. The van der Waals surface area contributed by atoms with Crippen molar-refractivity contribution in [1.82, 2.24) is 5.32 Å². The van der Waals surface area contributed by atoms with Crippen LogP contribution in [0.4, 0.5) is 0 Å². The van der Waals surface area contributed by atoms with Crippen molar-refractivity contribution < 1.29 is 4.79 Å². The van der Waals surface area contributed by atoms with Gasteiger partial charge in [-0.3, -0.25) is 4.79 Å². The number of carbonyl (C=O) groups excluding carboxylic acids is 1. The van der Waals surface area contributed by atoms with Gasteiger partial charge < -0.3 is 11.1 Å². The van der Waals surface area contributed by atoms with E-state index < -0.39 is 6.04 Å². The second-order valence-electron chi connectivity index (χ2n) is 5.37. The van der Waals surface area contributed by atoms with Crippen molar-refractivity contribution in [1.29, 1.82) is 5.26 Å². The smallest absolute Gasteiger partial charge is 0.237 e. The standard InChI is InChI=1S/C14H19N3O/c1-14(2,3)12(16)13(18)17-9-11-6-4-10(8-15)5-7-11/h4-7,12H,9,16H2,1-3H3,(H,17,18). The van der Waals surface area contributed by atoms with E-state index in [2.05, 4.69) is 5.32 Å². The summed E-state index contributed by atoms with van der Waals surface area (Å²) in [5, 5.41) is 11.5. The highest BCUT2D eigenvalue weighted by atomic mass is 16.2. The lowest BCUT2D eigenvalue weighted by molar-refractivity contribution is -0.124. The molecule has 0 radical (unpaired) electrons. The molecule has 0 saturated heterocycles. The summed E-state index contributed by atoms with van der Waals surface area (Å²) in [6.07, 6.45) is 0. The molecule has 1 amide bonds. The van der Waals surface area contributed by atoms with Crippen molar-refractivity contribution in [3.63, 3.8) is 0 Å². The van der Waals surface area contributed by atoms with Crippen molar-refractivity contribution in [3.05, 3.63) is 35.4 Å². The van der Waals surface area contributed by atoms with Crippen LogP contribution in [0.25, 0.3) is 0 Å². The highest BCUT2D eigenvalue weighted by Gasteiger charge is 2.26. The summed E-state index contributed by atoms with van der Waals surface area (Å²) in [4.78, 5) is 11.8. The average Bonchev–Trinajstić information content (AvgIpc) is 2.34. The molecule has 4 heteroatoms. The molecular weight excluding hydrogens is 226 g/mol. The minimum Gasteiger partial charge on any atom is -0.351 e. The van der Waals surface area contributed by atoms with E-state index in [9.17, 15) is 4.79 Å². The van der Waals surface area contributed by atoms with Gasteiger partial charge in [-0.1, -0.05) is 32.9 Å². The maximum absolute atomic E-state index is 11.8. The van der Waals surface area contributed by atoms with Gasteiger partial charge in [-0.25, -0.2) is 0 Å². The fraction of sp³-hybridized carbons (Fsp3) is 0.429. The Hall–Kier alpha value is -1.86. The van der Waals surface area contributed by atoms with Crippen LogP contribution in [0.15, 0.2) is 24.3 Å². The minimum absolute atomic E-state index is 0.160. The molecule has 3 N–H and O–H groups in total. The molecule has 1 aromatic rings. The number of nitrogens with two attached hydrogens (primary N) is 1. The Morgan fingerprint density at radius 3 is 2.39 bits per heavy atom. The molecule has 0 aromatic heterocycles. The molecule has 0 fully saturated rings. The Morgan fingerprint density at radius 2 is 1.94 bits per heavy atom. The molecule has 0 spiro atoms. The lowest BCUT2D eigenvalue weighted by Crippen LogP contribution is -2.48. The molecule has 4 nitrogen and oxygen atoms in total. The number of amides is 1. The summed E-state index contributed by atoms with van der Waals surface area (Å²) in [6, 6.07) is 8.61. The van der Waals surface area contributed by atoms with Crippen LogP contribution >= 0.6 is 0 Å². The SMILES string of the molecule is CC(C)(C)C(N)C(=O)NCc1ccc(C#N)cc1. The third-order valence-electron chi connectivity index (χ3n) is 2.77. The monoisotopic (exact) mass is 245 g/mol. The Balaban J connectivity index is 2.55. The van der Waals surface area contributed by atoms with Crippen LogP contribution in [-0.4, -0.2) is 11.9 Å². The van der Waals surface area contributed by atoms with Gasteiger partial charge in [0.2, 0.25) is 5.91 Å². The molecule has 1 atom stereocenters. The first-order chi connectivity index (χ1) is 8.34. The van der Waals surface area contributed by atoms with Crippen molar-refractivity contribution in [2.24, 2.45) is 11.1 Å². The fourth-order valence-electron chi connectivity index (χ4n) is 1.39. The van der Waals surface area contributed by atoms with Gasteiger partial charge in [0.15, 0.2) is 0 Å². The molecule has 0 bridgehead atoms. The Morgan fingerprint density at radius 1 is 1.39 bits per heavy atom. The van der Waals surface area contributed by atoms with Gasteiger partial charge in [-0.05, 0) is 23.1 Å². The first-order valence-corrected chi connectivity index (χ1v) is 5.87. The number of nitrogens with one attached hydrogen (secondary N) is 1. The van der Waals surface area contributed by atoms with E-state index in [1.165, 1.54) is 0 Å². The number of rotatable bonds is 3. The first kappa shape index (κ1) is 14.2. The lowest BCUT2D eigenvalue weighted by atomic mass is 9.87. The third kappa shape index (κ3) is 3.86. The molecule has 0 aliphatic heterocycles. The van der Waals surface area contributed by atoms with Gasteiger partial charge in [-0.15, -0.1) is 0 Å². The molecule has 0 aliphatic rings. The summed E-state index contributed by atoms with van der Waals surface area (Å²) >= 11 is 0. The largest absolute Gasteiger partial charge is 0.351 e. The molecule has 0 aliphatic carbocycles. The van der Waals surface area contributed by atoms with Gasteiger partial charge in [0.05, 0.1) is 17.7 Å². The topological polar surface area (TPSA) is 78.9 Å². The lowest BCUT2D eigenvalue weighted by Gasteiger charge is -2.25. The van der Waals surface area contributed by atoms with E-state index in [1.54, 1.807) is 12.1 Å². The summed E-state index contributed by atoms with van der Waals surface area (Å²) in [7, 11) is 0. The number of nitrogens with zero attached hydrogens (tertiary/aromatic N) is 1. The van der Waals surface area contributed by atoms with E-state index in [4.69, 9.17) is 11.0 Å². The summed E-state index contributed by atoms with van der Waals surface area (Å²) < 4.78 is 0. The number of carbonyl (C=O) groups is 1. The van der Waals surface area contributed by atoms with E-state index in [0.717, 1.165) is 5.56 Å². The van der Waals surface area contributed by atoms with Gasteiger partial charge in [-0.2, -0.15) is 5.26 Å². The van der Waals surface area contributed by atoms with Gasteiger partial charge in [0.1, 0.15) is 0 Å². The van der Waals surface area contributed by atoms with Gasteiger partial charge in [0, 0.05) is 6.54 Å². The number of nitriles is 1. The molecule has 0 heterocycles. The fourth-order valence-corrected chi connectivity index (χ4v) is 1.39. The van der Waals surface area contributed by atoms with Gasteiger partial charge >= 0.3 is 0 Å². The Labute approximate surface area is 108 Å². The zero-order valence-electron chi connectivity index (χ0n) is 11.0. The molecular formula is C14H19N3O. The zero-order chi connectivity index (χ0) is 13.8. The highest BCUT2D eigenvalue weighted by molar-refractivity contribution is 5.82. The van der Waals surface area contributed by atoms with Crippen LogP contribution in [0.5, 0.6) is 0 Å². The Bertz CT molecular complexity index is 451. The second kappa shape index (κ2) is 5.65. The van der Waals surface area contributed by atoms with Crippen molar-refractivity contribution in [2.75, 3.05) is 0 Å². The number of benzene rings is 1. The summed E-state index contributed by atoms with van der Waals surface area (Å²) in [5.74, 6) is -0.160. The van der Waals surface area contributed by atoms with Crippen LogP contribution in [0.1, 0.15) is 31.9 Å². The maximum atomic E-state index is 11.8. The molecule has 0 saturated carbocycles. The molecule has 1 unspecified atom stereocenters. The predicted molar refractivity (Wildman–Crippen MR) is 70.4 cm³/mol. The summed E-state index contributed by atoms with van der Waals surface area (Å²) in [5.41, 5.74) is 7.15. The van der Waals surface area contributed by atoms with Crippen LogP contribution in [0, 0.1) is 16.7 Å². The van der Waals surface area contributed by atoms with E-state index in [-0.39, 0.29) is 11.3 Å². The maximum Gasteiger partial charge on any atom is 0.237 e. The second-order valence-corrected chi connectivity index (χ2v) is 5.37. The quantitative estimate of drug-likeness (QED) is 0.848. The van der Waals surface area contributed by atoms with Crippen LogP contribution in [-0.2, 0) is 11.3 Å². The summed E-state index contributed by atoms with van der Waals surface area (Å²) in [6.45, 7) is 6.21. The molecule has 1 aromatic carbocycles. The predicted octanol–water partition coefficient (Wildman–Crippen LogP) is 1.55. The van der Waals surface area contributed by atoms with Crippen LogP contribution in [0.3, 0.4) is 0 Å².